The van der Waals surface area contributed by atoms with Crippen LogP contribution in [-0.2, 0) is 5.60 Å². The number of ether oxygens (including phenoxy) is 1. The molecule has 13 heteroatoms. The monoisotopic (exact) mass is 477 g/mol. The van der Waals surface area contributed by atoms with E-state index < -0.39 is 35.4 Å². The third-order valence-electron chi connectivity index (χ3n) is 4.53. The summed E-state index contributed by atoms with van der Waals surface area (Å²) < 4.78 is 51.1. The molecule has 0 fully saturated rings. The number of hydrogen-bond donors (Lipinski definition) is 2. The van der Waals surface area contributed by atoms with Gasteiger partial charge >= 0.3 is 18.3 Å². The van der Waals surface area contributed by atoms with Crippen LogP contribution in [-0.4, -0.2) is 37.7 Å². The SMILES string of the molecule is CC(c1ccc(-c2nc(OC(=O)O)no2)cc1Cl)C(O)(c1ccnc(Cl)c1)C(F)(F)F. The lowest BCUT2D eigenvalue weighted by Crippen LogP contribution is -2.46. The Morgan fingerprint density at radius 2 is 1.94 bits per heavy atom. The van der Waals surface area contributed by atoms with E-state index in [2.05, 4.69) is 19.9 Å². The molecule has 0 aliphatic carbocycles. The molecule has 0 amide bonds. The highest BCUT2D eigenvalue weighted by Gasteiger charge is 2.59. The van der Waals surface area contributed by atoms with Crippen molar-refractivity contribution in [1.82, 2.24) is 15.1 Å². The van der Waals surface area contributed by atoms with Crippen LogP contribution in [0.1, 0.15) is 24.0 Å². The zero-order valence-electron chi connectivity index (χ0n) is 15.4. The molecule has 0 bridgehead atoms. The molecule has 0 spiro atoms. The number of aliphatic hydroxyl groups is 1. The molecule has 8 nitrogen and oxygen atoms in total. The number of benzene rings is 1. The lowest BCUT2D eigenvalue weighted by Gasteiger charge is -2.37. The van der Waals surface area contributed by atoms with Gasteiger partial charge in [0.15, 0.2) is 5.60 Å². The maximum atomic E-state index is 14.0. The molecule has 0 aliphatic rings. The van der Waals surface area contributed by atoms with Crippen LogP contribution in [0.15, 0.2) is 41.1 Å². The molecule has 2 aromatic heterocycles. The van der Waals surface area contributed by atoms with Crippen molar-refractivity contribution in [3.8, 4) is 17.5 Å². The van der Waals surface area contributed by atoms with Gasteiger partial charge in [0.1, 0.15) is 5.15 Å². The van der Waals surface area contributed by atoms with Crippen molar-refractivity contribution in [3.05, 3.63) is 57.8 Å². The van der Waals surface area contributed by atoms with Crippen molar-refractivity contribution in [1.29, 1.82) is 0 Å². The second-order valence-corrected chi connectivity index (χ2v) is 7.13. The first-order valence-corrected chi connectivity index (χ1v) is 9.14. The molecule has 164 valence electrons. The number of rotatable bonds is 5. The van der Waals surface area contributed by atoms with Gasteiger partial charge in [-0.15, -0.1) is 0 Å². The van der Waals surface area contributed by atoms with E-state index in [4.69, 9.17) is 32.8 Å². The Kier molecular flexibility index (Phi) is 6.12. The van der Waals surface area contributed by atoms with Gasteiger partial charge in [-0.05, 0) is 40.5 Å². The molecule has 2 N–H and O–H groups in total. The summed E-state index contributed by atoms with van der Waals surface area (Å²) in [5, 5.41) is 22.3. The molecule has 2 heterocycles. The number of alkyl halides is 3. The van der Waals surface area contributed by atoms with Gasteiger partial charge in [-0.3, -0.25) is 0 Å². The Morgan fingerprint density at radius 3 is 2.52 bits per heavy atom. The molecule has 0 saturated heterocycles. The van der Waals surface area contributed by atoms with Gasteiger partial charge in [0.2, 0.25) is 0 Å². The second-order valence-electron chi connectivity index (χ2n) is 6.34. The van der Waals surface area contributed by atoms with E-state index in [-0.39, 0.29) is 27.2 Å². The van der Waals surface area contributed by atoms with Crippen LogP contribution in [0.4, 0.5) is 18.0 Å². The molecule has 3 rings (SSSR count). The number of carbonyl (C=O) groups is 1. The smallest absolute Gasteiger partial charge is 0.449 e. The lowest BCUT2D eigenvalue weighted by atomic mass is 9.78. The summed E-state index contributed by atoms with van der Waals surface area (Å²) >= 11 is 11.9. The van der Waals surface area contributed by atoms with Gasteiger partial charge in [-0.1, -0.05) is 36.2 Å². The quantitative estimate of drug-likeness (QED) is 0.387. The first kappa shape index (κ1) is 22.8. The Hall–Kier alpha value is -2.89. The highest BCUT2D eigenvalue weighted by atomic mass is 35.5. The van der Waals surface area contributed by atoms with E-state index in [1.165, 1.54) is 18.2 Å². The Morgan fingerprint density at radius 1 is 1.23 bits per heavy atom. The summed E-state index contributed by atoms with van der Waals surface area (Å²) in [5.41, 5.74) is -3.66. The van der Waals surface area contributed by atoms with Crippen molar-refractivity contribution in [2.24, 2.45) is 0 Å². The Labute approximate surface area is 182 Å². The first-order valence-electron chi connectivity index (χ1n) is 8.39. The molecule has 2 atom stereocenters. The van der Waals surface area contributed by atoms with E-state index in [9.17, 15) is 23.1 Å². The maximum absolute atomic E-state index is 14.0. The van der Waals surface area contributed by atoms with Crippen molar-refractivity contribution in [3.63, 3.8) is 0 Å². The van der Waals surface area contributed by atoms with Crippen LogP contribution in [0.2, 0.25) is 10.2 Å². The van der Waals surface area contributed by atoms with E-state index in [0.29, 0.717) is 0 Å². The fraction of sp³-hybridized carbons (Fsp3) is 0.222. The molecule has 3 aromatic rings. The molecular formula is C18H12Cl2F3N3O5. The number of nitrogens with zero attached hydrogens (tertiary/aromatic N) is 3. The van der Waals surface area contributed by atoms with Gasteiger partial charge in [0, 0.05) is 22.7 Å². The van der Waals surface area contributed by atoms with Gasteiger partial charge in [0.05, 0.1) is 0 Å². The molecular weight excluding hydrogens is 466 g/mol. The standard InChI is InChI=1S/C18H12Cl2F3N3O5/c1-8(17(29,18(21,22)23)10-4-5-24-13(20)7-10)11-3-2-9(6-12(11)19)14-25-15(26-31-14)30-16(27)28/h2-8,29H,1H3,(H,27,28). The zero-order chi connectivity index (χ0) is 23.0. The largest absolute Gasteiger partial charge is 0.513 e. The summed E-state index contributed by atoms with van der Waals surface area (Å²) in [5.74, 6) is -1.73. The Bertz CT molecular complexity index is 1120. The number of hydrogen-bond acceptors (Lipinski definition) is 7. The van der Waals surface area contributed by atoms with Crippen molar-refractivity contribution >= 4 is 29.4 Å². The van der Waals surface area contributed by atoms with E-state index >= 15 is 0 Å². The average molecular weight is 478 g/mol. The lowest BCUT2D eigenvalue weighted by molar-refractivity contribution is -0.274. The minimum absolute atomic E-state index is 0.0281. The fourth-order valence-electron chi connectivity index (χ4n) is 2.98. The predicted octanol–water partition coefficient (Wildman–Crippen LogP) is 5.05. The summed E-state index contributed by atoms with van der Waals surface area (Å²) in [7, 11) is 0. The summed E-state index contributed by atoms with van der Waals surface area (Å²) in [6.07, 6.45) is -5.68. The van der Waals surface area contributed by atoms with Gasteiger partial charge < -0.3 is 19.5 Å². The predicted molar refractivity (Wildman–Crippen MR) is 101 cm³/mol. The number of pyridine rings is 1. The highest BCUT2D eigenvalue weighted by molar-refractivity contribution is 6.31. The normalized spacial score (nSPS) is 14.7. The van der Waals surface area contributed by atoms with Crippen LogP contribution in [0.25, 0.3) is 11.5 Å². The van der Waals surface area contributed by atoms with Crippen LogP contribution < -0.4 is 4.74 Å². The summed E-state index contributed by atoms with van der Waals surface area (Å²) in [4.78, 5) is 17.8. The fourth-order valence-corrected chi connectivity index (χ4v) is 3.50. The van der Waals surface area contributed by atoms with Crippen LogP contribution >= 0.6 is 23.2 Å². The van der Waals surface area contributed by atoms with Crippen LogP contribution in [0, 0.1) is 0 Å². The van der Waals surface area contributed by atoms with Gasteiger partial charge in [-0.2, -0.15) is 18.2 Å². The van der Waals surface area contributed by atoms with Crippen molar-refractivity contribution in [2.75, 3.05) is 0 Å². The maximum Gasteiger partial charge on any atom is 0.513 e. The third kappa shape index (κ3) is 4.43. The first-order chi connectivity index (χ1) is 14.4. The zero-order valence-corrected chi connectivity index (χ0v) is 16.9. The summed E-state index contributed by atoms with van der Waals surface area (Å²) in [6, 6.07) is 5.19. The van der Waals surface area contributed by atoms with Crippen molar-refractivity contribution in [2.45, 2.75) is 24.6 Å². The molecule has 0 saturated carbocycles. The molecule has 1 aromatic carbocycles. The molecule has 2 unspecified atom stereocenters. The topological polar surface area (TPSA) is 119 Å². The van der Waals surface area contributed by atoms with Gasteiger partial charge in [-0.25, -0.2) is 9.78 Å². The molecule has 31 heavy (non-hydrogen) atoms. The van der Waals surface area contributed by atoms with Gasteiger partial charge in [0.25, 0.3) is 5.89 Å². The number of halogens is 5. The van der Waals surface area contributed by atoms with E-state index in [1.807, 2.05) is 0 Å². The summed E-state index contributed by atoms with van der Waals surface area (Å²) in [6.45, 7) is 1.16. The molecule has 0 aliphatic heterocycles. The van der Waals surface area contributed by atoms with E-state index in [1.54, 1.807) is 0 Å². The minimum atomic E-state index is -5.07. The number of aromatic nitrogens is 3. The third-order valence-corrected chi connectivity index (χ3v) is 5.06. The second kappa shape index (κ2) is 8.33. The van der Waals surface area contributed by atoms with Crippen molar-refractivity contribution < 1.29 is 37.4 Å². The molecule has 0 radical (unpaired) electrons. The van der Waals surface area contributed by atoms with Crippen LogP contribution in [0.5, 0.6) is 6.01 Å². The van der Waals surface area contributed by atoms with E-state index in [0.717, 1.165) is 25.3 Å². The highest BCUT2D eigenvalue weighted by Crippen LogP contribution is 2.50. The Balaban J connectivity index is 2.01. The minimum Gasteiger partial charge on any atom is -0.449 e. The average Bonchev–Trinajstić information content (AvgIpc) is 3.13. The number of carboxylic acid groups (broad SMARTS) is 1. The van der Waals surface area contributed by atoms with Crippen LogP contribution in [0.3, 0.4) is 0 Å².